The van der Waals surface area contributed by atoms with E-state index in [-0.39, 0.29) is 0 Å². The van der Waals surface area contributed by atoms with Crippen molar-refractivity contribution in [2.45, 2.75) is 13.0 Å². The number of pyridine rings is 1. The molecule has 0 unspecified atom stereocenters. The number of hydrogen-bond acceptors (Lipinski definition) is 5. The maximum absolute atomic E-state index is 5.31. The highest BCUT2D eigenvalue weighted by Crippen LogP contribution is 2.23. The van der Waals surface area contributed by atoms with Crippen molar-refractivity contribution in [3.8, 4) is 11.3 Å². The fourth-order valence-electron chi connectivity index (χ4n) is 2.75. The van der Waals surface area contributed by atoms with Gasteiger partial charge in [-0.3, -0.25) is 4.98 Å². The Morgan fingerprint density at radius 2 is 2.05 bits per heavy atom. The zero-order valence-corrected chi connectivity index (χ0v) is 12.4. The van der Waals surface area contributed by atoms with Gasteiger partial charge >= 0.3 is 0 Å². The number of rotatable bonds is 4. The molecule has 0 spiro atoms. The summed E-state index contributed by atoms with van der Waals surface area (Å²) in [5.41, 5.74) is 2.87. The lowest BCUT2D eigenvalue weighted by atomic mass is 10.2. The Bertz CT molecular complexity index is 782. The third kappa shape index (κ3) is 2.12. The highest BCUT2D eigenvalue weighted by molar-refractivity contribution is 5.63. The van der Waals surface area contributed by atoms with Gasteiger partial charge in [-0.2, -0.15) is 0 Å². The van der Waals surface area contributed by atoms with Crippen LogP contribution in [0.2, 0.25) is 0 Å². The van der Waals surface area contributed by atoms with E-state index in [4.69, 9.17) is 9.84 Å². The molecule has 0 atom stereocenters. The third-order valence-electron chi connectivity index (χ3n) is 4.02. The number of anilines is 1. The molecular formula is C16H17N5O. The second kappa shape index (κ2) is 5.38. The molecule has 0 amide bonds. The summed E-state index contributed by atoms with van der Waals surface area (Å²) in [6.07, 6.45) is 5.41. The van der Waals surface area contributed by atoms with Gasteiger partial charge in [-0.1, -0.05) is 0 Å². The van der Waals surface area contributed by atoms with Crippen LogP contribution in [0.25, 0.3) is 16.9 Å². The highest BCUT2D eigenvalue weighted by Gasteiger charge is 2.26. The van der Waals surface area contributed by atoms with Crippen LogP contribution in [0.1, 0.15) is 6.92 Å². The average molecular weight is 295 g/mol. The zero-order valence-electron chi connectivity index (χ0n) is 12.4. The van der Waals surface area contributed by atoms with Crippen LogP contribution >= 0.6 is 0 Å². The maximum Gasteiger partial charge on any atom is 0.154 e. The number of hydrogen-bond donors (Lipinski definition) is 0. The van der Waals surface area contributed by atoms with E-state index >= 15 is 0 Å². The van der Waals surface area contributed by atoms with Crippen molar-refractivity contribution in [2.75, 3.05) is 24.7 Å². The van der Waals surface area contributed by atoms with Crippen molar-refractivity contribution < 1.29 is 4.74 Å². The van der Waals surface area contributed by atoms with Crippen LogP contribution in [0.5, 0.6) is 0 Å². The lowest BCUT2D eigenvalue weighted by Crippen LogP contribution is -2.49. The minimum absolute atomic E-state index is 0.419. The van der Waals surface area contributed by atoms with Crippen LogP contribution in [-0.2, 0) is 4.74 Å². The first-order valence-corrected chi connectivity index (χ1v) is 7.46. The summed E-state index contributed by atoms with van der Waals surface area (Å²) >= 11 is 0. The summed E-state index contributed by atoms with van der Waals surface area (Å²) in [5, 5.41) is 4.79. The van der Waals surface area contributed by atoms with Gasteiger partial charge in [0, 0.05) is 24.5 Å². The lowest BCUT2D eigenvalue weighted by Gasteiger charge is -2.37. The second-order valence-electron chi connectivity index (χ2n) is 5.32. The monoisotopic (exact) mass is 295 g/mol. The van der Waals surface area contributed by atoms with E-state index in [2.05, 4.69) is 21.8 Å². The van der Waals surface area contributed by atoms with Crippen LogP contribution < -0.4 is 4.90 Å². The molecule has 6 nitrogen and oxygen atoms in total. The Labute approximate surface area is 128 Å². The Kier molecular flexibility index (Phi) is 3.23. The summed E-state index contributed by atoms with van der Waals surface area (Å²) in [7, 11) is 0. The first-order valence-electron chi connectivity index (χ1n) is 7.46. The molecule has 6 heteroatoms. The first-order chi connectivity index (χ1) is 10.9. The first kappa shape index (κ1) is 13.2. The maximum atomic E-state index is 5.31. The number of fused-ring (bicyclic) bond motifs is 1. The molecule has 0 N–H and O–H groups in total. The van der Waals surface area contributed by atoms with E-state index in [1.807, 2.05) is 35.0 Å². The molecule has 0 radical (unpaired) electrons. The van der Waals surface area contributed by atoms with Crippen molar-refractivity contribution in [1.29, 1.82) is 0 Å². The normalized spacial score (nSPS) is 15.0. The van der Waals surface area contributed by atoms with Crippen molar-refractivity contribution >= 4 is 11.5 Å². The Balaban J connectivity index is 1.79. The number of nitrogens with zero attached hydrogens (tertiary/aromatic N) is 5. The van der Waals surface area contributed by atoms with Crippen molar-refractivity contribution in [2.24, 2.45) is 0 Å². The number of imidazole rings is 1. The molecular weight excluding hydrogens is 278 g/mol. The summed E-state index contributed by atoms with van der Waals surface area (Å²) in [4.78, 5) is 10.8. The van der Waals surface area contributed by atoms with Crippen LogP contribution in [0.3, 0.4) is 0 Å². The summed E-state index contributed by atoms with van der Waals surface area (Å²) in [6, 6.07) is 8.39. The molecule has 4 heterocycles. The van der Waals surface area contributed by atoms with Gasteiger partial charge in [-0.05, 0) is 31.2 Å². The Morgan fingerprint density at radius 1 is 1.23 bits per heavy atom. The lowest BCUT2D eigenvalue weighted by molar-refractivity contribution is 0.00814. The molecule has 1 fully saturated rings. The quantitative estimate of drug-likeness (QED) is 0.737. The van der Waals surface area contributed by atoms with Crippen LogP contribution in [0.15, 0.2) is 42.9 Å². The molecule has 22 heavy (non-hydrogen) atoms. The van der Waals surface area contributed by atoms with Gasteiger partial charge < -0.3 is 9.64 Å². The number of likely N-dealkylation sites (N-methyl/N-ethyl adjacent to an activating group) is 1. The molecule has 1 aliphatic heterocycles. The summed E-state index contributed by atoms with van der Waals surface area (Å²) < 4.78 is 7.20. The Hall–Kier alpha value is -2.47. The van der Waals surface area contributed by atoms with Gasteiger partial charge in [-0.15, -0.1) is 5.10 Å². The third-order valence-corrected chi connectivity index (χ3v) is 4.02. The predicted molar refractivity (Wildman–Crippen MR) is 83.8 cm³/mol. The van der Waals surface area contributed by atoms with Gasteiger partial charge in [0.1, 0.15) is 5.82 Å². The van der Waals surface area contributed by atoms with Crippen LogP contribution in [0.4, 0.5) is 5.82 Å². The smallest absolute Gasteiger partial charge is 0.154 e. The summed E-state index contributed by atoms with van der Waals surface area (Å²) in [6.45, 7) is 4.59. The molecule has 4 rings (SSSR count). The largest absolute Gasteiger partial charge is 0.377 e. The van der Waals surface area contributed by atoms with Crippen molar-refractivity contribution in [3.05, 3.63) is 42.9 Å². The van der Waals surface area contributed by atoms with Gasteiger partial charge in [0.25, 0.3) is 0 Å². The van der Waals surface area contributed by atoms with Gasteiger partial charge in [0.15, 0.2) is 5.65 Å². The molecule has 0 saturated carbocycles. The van der Waals surface area contributed by atoms with Crippen molar-refractivity contribution in [3.63, 3.8) is 0 Å². The molecule has 0 aromatic carbocycles. The second-order valence-corrected chi connectivity index (χ2v) is 5.32. The Morgan fingerprint density at radius 3 is 2.73 bits per heavy atom. The fourth-order valence-corrected chi connectivity index (χ4v) is 2.75. The average Bonchev–Trinajstić information content (AvgIpc) is 2.94. The van der Waals surface area contributed by atoms with Crippen LogP contribution in [-0.4, -0.2) is 45.4 Å². The van der Waals surface area contributed by atoms with E-state index < -0.39 is 0 Å². The van der Waals surface area contributed by atoms with Gasteiger partial charge in [-0.25, -0.2) is 9.50 Å². The molecule has 0 aliphatic carbocycles. The fraction of sp³-hybridized carbons (Fsp3) is 0.312. The van der Waals surface area contributed by atoms with E-state index in [0.29, 0.717) is 6.04 Å². The van der Waals surface area contributed by atoms with E-state index in [1.54, 1.807) is 12.4 Å². The van der Waals surface area contributed by atoms with E-state index in [0.717, 1.165) is 42.5 Å². The molecule has 1 aliphatic rings. The van der Waals surface area contributed by atoms with Crippen LogP contribution in [0, 0.1) is 0 Å². The SMILES string of the molecule is CCN(c1ccc2ncc(-c3ccncc3)n2n1)C1COC1. The van der Waals surface area contributed by atoms with Crippen molar-refractivity contribution in [1.82, 2.24) is 19.6 Å². The molecule has 1 saturated heterocycles. The topological polar surface area (TPSA) is 55.6 Å². The van der Waals surface area contributed by atoms with E-state index in [1.165, 1.54) is 0 Å². The molecule has 112 valence electrons. The molecule has 0 bridgehead atoms. The standard InChI is InChI=1S/C16H17N5O/c1-2-20(13-10-22-11-13)16-4-3-15-18-9-14(21(15)19-16)12-5-7-17-8-6-12/h3-9,13H,2,10-11H2,1H3. The predicted octanol–water partition coefficient (Wildman–Crippen LogP) is 2.02. The zero-order chi connectivity index (χ0) is 14.9. The minimum atomic E-state index is 0.419. The number of aromatic nitrogens is 4. The highest BCUT2D eigenvalue weighted by atomic mass is 16.5. The molecule has 3 aromatic heterocycles. The minimum Gasteiger partial charge on any atom is -0.377 e. The summed E-state index contributed by atoms with van der Waals surface area (Å²) in [5.74, 6) is 0.955. The van der Waals surface area contributed by atoms with E-state index in [9.17, 15) is 0 Å². The van der Waals surface area contributed by atoms with Gasteiger partial charge in [0.05, 0.1) is 31.1 Å². The number of ether oxygens (including phenoxy) is 1. The molecule has 3 aromatic rings. The van der Waals surface area contributed by atoms with Gasteiger partial charge in [0.2, 0.25) is 0 Å².